The van der Waals surface area contributed by atoms with Crippen molar-refractivity contribution in [3.05, 3.63) is 110 Å². The number of carbonyl (C=O) groups excluding carboxylic acids is 2. The molecule has 4 aromatic rings. The maximum Gasteiger partial charge on any atom is 0.293 e. The van der Waals surface area contributed by atoms with Crippen LogP contribution in [-0.4, -0.2) is 20.6 Å². The number of rotatable bonds is 5. The molecule has 0 saturated carbocycles. The summed E-state index contributed by atoms with van der Waals surface area (Å²) in [5, 5.41) is 1.47. The average Bonchev–Trinajstić information content (AvgIpc) is 3.27. The largest absolute Gasteiger partial charge is 0.342 e. The fourth-order valence-corrected chi connectivity index (χ4v) is 5.21. The molecule has 1 saturated heterocycles. The molecule has 1 aromatic heterocycles. The number of halogens is 2. The van der Waals surface area contributed by atoms with Gasteiger partial charge in [-0.1, -0.05) is 70.0 Å². The highest BCUT2D eigenvalue weighted by Gasteiger charge is 2.35. The Morgan fingerprint density at radius 2 is 1.70 bits per heavy atom. The van der Waals surface area contributed by atoms with Gasteiger partial charge in [-0.25, -0.2) is 0 Å². The van der Waals surface area contributed by atoms with Crippen molar-refractivity contribution in [3.63, 3.8) is 0 Å². The molecule has 4 nitrogen and oxygen atoms in total. The minimum Gasteiger partial charge on any atom is -0.342 e. The van der Waals surface area contributed by atoms with Gasteiger partial charge in [-0.2, -0.15) is 0 Å². The molecule has 0 N–H and O–H groups in total. The van der Waals surface area contributed by atoms with Crippen LogP contribution < -0.4 is 0 Å². The van der Waals surface area contributed by atoms with Crippen molar-refractivity contribution < 1.29 is 9.59 Å². The van der Waals surface area contributed by atoms with Crippen LogP contribution in [0.4, 0.5) is 4.79 Å². The number of amides is 2. The maximum absolute atomic E-state index is 13.0. The number of benzene rings is 3. The molecule has 0 spiro atoms. The first-order valence-corrected chi connectivity index (χ1v) is 12.3. The van der Waals surface area contributed by atoms with Crippen LogP contribution in [0.5, 0.6) is 0 Å². The van der Waals surface area contributed by atoms with Gasteiger partial charge in [0, 0.05) is 38.7 Å². The van der Waals surface area contributed by atoms with Crippen molar-refractivity contribution in [2.24, 2.45) is 0 Å². The van der Waals surface area contributed by atoms with Crippen LogP contribution >= 0.6 is 39.3 Å². The zero-order valence-electron chi connectivity index (χ0n) is 17.4. The van der Waals surface area contributed by atoms with Gasteiger partial charge in [0.05, 0.1) is 11.4 Å². The van der Waals surface area contributed by atoms with Crippen molar-refractivity contribution in [1.29, 1.82) is 0 Å². The highest BCUT2D eigenvalue weighted by molar-refractivity contribution is 9.10. The summed E-state index contributed by atoms with van der Waals surface area (Å²) in [6, 6.07) is 23.4. The summed E-state index contributed by atoms with van der Waals surface area (Å²) in [6.45, 7) is 0.909. The zero-order chi connectivity index (χ0) is 22.9. The number of aromatic nitrogens is 1. The minimum atomic E-state index is -0.264. The molecule has 1 aliphatic heterocycles. The van der Waals surface area contributed by atoms with Gasteiger partial charge in [0.15, 0.2) is 0 Å². The topological polar surface area (TPSA) is 42.3 Å². The Morgan fingerprint density at radius 1 is 0.909 bits per heavy atom. The summed E-state index contributed by atoms with van der Waals surface area (Å²) < 4.78 is 3.09. The van der Waals surface area contributed by atoms with Gasteiger partial charge in [0.2, 0.25) is 0 Å². The molecule has 5 rings (SSSR count). The van der Waals surface area contributed by atoms with Crippen molar-refractivity contribution >= 4 is 67.4 Å². The molecule has 0 atom stereocenters. The van der Waals surface area contributed by atoms with Crippen LogP contribution in [0.25, 0.3) is 17.0 Å². The minimum absolute atomic E-state index is 0.253. The number of hydrogen-bond donors (Lipinski definition) is 0. The van der Waals surface area contributed by atoms with Gasteiger partial charge >= 0.3 is 0 Å². The average molecular weight is 538 g/mol. The number of hydrogen-bond acceptors (Lipinski definition) is 3. The van der Waals surface area contributed by atoms with Gasteiger partial charge in [-0.05, 0) is 59.3 Å². The molecule has 164 valence electrons. The summed E-state index contributed by atoms with van der Waals surface area (Å²) >= 11 is 10.5. The molecular formula is C26H18BrClN2O2S. The second kappa shape index (κ2) is 9.21. The van der Waals surface area contributed by atoms with Crippen molar-refractivity contribution in [3.8, 4) is 0 Å². The first-order chi connectivity index (χ1) is 16.0. The summed E-state index contributed by atoms with van der Waals surface area (Å²) in [5.74, 6) is -0.264. The Balaban J connectivity index is 1.45. The Morgan fingerprint density at radius 3 is 2.48 bits per heavy atom. The number of thioether (sulfide) groups is 1. The predicted octanol–water partition coefficient (Wildman–Crippen LogP) is 7.34. The second-order valence-electron chi connectivity index (χ2n) is 7.75. The third-order valence-electron chi connectivity index (χ3n) is 5.48. The second-order valence-corrected chi connectivity index (χ2v) is 10.1. The Kier molecular flexibility index (Phi) is 6.15. The first-order valence-electron chi connectivity index (χ1n) is 10.3. The Hall–Kier alpha value is -2.80. The molecule has 2 amide bonds. The molecule has 7 heteroatoms. The molecular weight excluding hydrogens is 520 g/mol. The fraction of sp³-hybridized carbons (Fsp3) is 0.0769. The Labute approximate surface area is 209 Å². The van der Waals surface area contributed by atoms with Gasteiger partial charge in [-0.15, -0.1) is 0 Å². The van der Waals surface area contributed by atoms with E-state index in [4.69, 9.17) is 11.6 Å². The number of fused-ring (bicyclic) bond motifs is 1. The lowest BCUT2D eigenvalue weighted by molar-refractivity contribution is -0.123. The van der Waals surface area contributed by atoms with E-state index in [0.717, 1.165) is 43.8 Å². The summed E-state index contributed by atoms with van der Waals surface area (Å²) in [7, 11) is 0. The van der Waals surface area contributed by atoms with Crippen molar-refractivity contribution in [2.45, 2.75) is 13.1 Å². The maximum atomic E-state index is 13.0. The zero-order valence-corrected chi connectivity index (χ0v) is 20.5. The molecule has 2 heterocycles. The summed E-state index contributed by atoms with van der Waals surface area (Å²) in [5.41, 5.74) is 3.95. The molecule has 3 aromatic carbocycles. The van der Waals surface area contributed by atoms with E-state index in [-0.39, 0.29) is 17.7 Å². The number of imide groups is 1. The lowest BCUT2D eigenvalue weighted by atomic mass is 10.1. The molecule has 1 fully saturated rings. The first kappa shape index (κ1) is 22.0. The van der Waals surface area contributed by atoms with Gasteiger partial charge in [0.25, 0.3) is 11.1 Å². The number of nitrogens with zero attached hydrogens (tertiary/aromatic N) is 2. The van der Waals surface area contributed by atoms with Crippen LogP contribution in [0.15, 0.2) is 88.4 Å². The molecule has 0 bridgehead atoms. The quantitative estimate of drug-likeness (QED) is 0.250. The number of para-hydroxylation sites is 1. The Bertz CT molecular complexity index is 1410. The normalized spacial score (nSPS) is 15.2. The number of carbonyl (C=O) groups is 2. The van der Waals surface area contributed by atoms with Crippen LogP contribution in [-0.2, 0) is 17.9 Å². The van der Waals surface area contributed by atoms with Crippen molar-refractivity contribution in [2.75, 3.05) is 0 Å². The van der Waals surface area contributed by atoms with E-state index in [1.807, 2.05) is 79.0 Å². The molecule has 0 radical (unpaired) electrons. The molecule has 0 unspecified atom stereocenters. The highest BCUT2D eigenvalue weighted by atomic mass is 79.9. The predicted molar refractivity (Wildman–Crippen MR) is 138 cm³/mol. The third-order valence-corrected chi connectivity index (χ3v) is 7.15. The highest BCUT2D eigenvalue weighted by Crippen LogP contribution is 2.35. The molecule has 33 heavy (non-hydrogen) atoms. The smallest absolute Gasteiger partial charge is 0.293 e. The monoisotopic (exact) mass is 536 g/mol. The van der Waals surface area contributed by atoms with Crippen LogP contribution in [0.2, 0.25) is 5.02 Å². The van der Waals surface area contributed by atoms with E-state index in [1.165, 1.54) is 4.90 Å². The van der Waals surface area contributed by atoms with E-state index in [2.05, 4.69) is 26.6 Å². The third kappa shape index (κ3) is 4.64. The SMILES string of the molecule is O=C1S/C(=C\c2cn(Cc3cccc(Cl)c3)c3ccccc23)C(=O)N1Cc1ccc(Br)cc1. The van der Waals surface area contributed by atoms with E-state index in [0.29, 0.717) is 16.5 Å². The van der Waals surface area contributed by atoms with E-state index in [9.17, 15) is 9.59 Å². The van der Waals surface area contributed by atoms with Gasteiger partial charge in [0.1, 0.15) is 0 Å². The van der Waals surface area contributed by atoms with E-state index in [1.54, 1.807) is 0 Å². The van der Waals surface area contributed by atoms with Crippen LogP contribution in [0, 0.1) is 0 Å². The van der Waals surface area contributed by atoms with E-state index < -0.39 is 0 Å². The standard InChI is InChI=1S/C26H18BrClN2O2S/c27-20-10-8-17(9-11-20)15-30-25(31)24(33-26(30)32)13-19-16-29(23-7-2-1-6-22(19)23)14-18-4-3-5-21(28)12-18/h1-13,16H,14-15H2/b24-13-. The van der Waals surface area contributed by atoms with Crippen LogP contribution in [0.1, 0.15) is 16.7 Å². The van der Waals surface area contributed by atoms with Crippen LogP contribution in [0.3, 0.4) is 0 Å². The molecule has 1 aliphatic rings. The lowest BCUT2D eigenvalue weighted by Gasteiger charge is -2.12. The van der Waals surface area contributed by atoms with Crippen molar-refractivity contribution in [1.82, 2.24) is 9.47 Å². The lowest BCUT2D eigenvalue weighted by Crippen LogP contribution is -2.27. The summed E-state index contributed by atoms with van der Waals surface area (Å²) in [6.07, 6.45) is 3.84. The summed E-state index contributed by atoms with van der Waals surface area (Å²) in [4.78, 5) is 27.4. The van der Waals surface area contributed by atoms with Gasteiger partial charge < -0.3 is 4.57 Å². The fourth-order valence-electron chi connectivity index (χ4n) is 3.90. The molecule has 0 aliphatic carbocycles. The van der Waals surface area contributed by atoms with Gasteiger partial charge in [-0.3, -0.25) is 14.5 Å². The van der Waals surface area contributed by atoms with E-state index >= 15 is 0 Å².